The molecule has 1 aliphatic rings. The van der Waals surface area contributed by atoms with Gasteiger partial charge in [-0.3, -0.25) is 9.58 Å². The van der Waals surface area contributed by atoms with E-state index in [1.54, 1.807) is 47.3 Å². The van der Waals surface area contributed by atoms with E-state index in [2.05, 4.69) is 15.1 Å². The zero-order valence-corrected chi connectivity index (χ0v) is 23.7. The number of aromatic nitrogens is 4. The second kappa shape index (κ2) is 11.7. The van der Waals surface area contributed by atoms with Gasteiger partial charge in [-0.05, 0) is 72.1 Å². The Morgan fingerprint density at radius 3 is 2.66 bits per heavy atom. The van der Waals surface area contributed by atoms with Crippen LogP contribution in [0.25, 0.3) is 10.9 Å². The number of ether oxygens (including phenoxy) is 3. The van der Waals surface area contributed by atoms with Gasteiger partial charge in [-0.15, -0.1) is 0 Å². The number of amides is 1. The Morgan fingerprint density at radius 1 is 1.05 bits per heavy atom. The van der Waals surface area contributed by atoms with Crippen LogP contribution in [0.3, 0.4) is 0 Å². The molecular formula is C30H27Cl2N5O4. The van der Waals surface area contributed by atoms with E-state index >= 15 is 0 Å². The van der Waals surface area contributed by atoms with Gasteiger partial charge in [0.2, 0.25) is 0 Å². The summed E-state index contributed by atoms with van der Waals surface area (Å²) in [4.78, 5) is 22.9. The average Bonchev–Trinajstić information content (AvgIpc) is 3.63. The zero-order chi connectivity index (χ0) is 28.3. The maximum absolute atomic E-state index is 13.6. The van der Waals surface area contributed by atoms with Crippen LogP contribution in [0.15, 0.2) is 73.3 Å². The average molecular weight is 592 g/mol. The standard InChI is InChI=1S/C30H27Cl2N5O4/c1-39-26-10-3-19(15-27(26)40-14-2-12-36-18-33-17-34-36)29-28-23(24-16-21(32)6-9-25(24)35-28)11-13-37(29)30(38)41-22-7-4-20(31)5-8-22/h3-10,15-18,29,35H,2,11-14H2,1H3. The van der Waals surface area contributed by atoms with E-state index < -0.39 is 12.1 Å². The van der Waals surface area contributed by atoms with Crippen molar-refractivity contribution in [2.24, 2.45) is 0 Å². The molecule has 1 atom stereocenters. The molecule has 5 aromatic rings. The van der Waals surface area contributed by atoms with Crippen molar-refractivity contribution in [3.8, 4) is 17.2 Å². The van der Waals surface area contributed by atoms with Crippen LogP contribution in [0, 0.1) is 0 Å². The zero-order valence-electron chi connectivity index (χ0n) is 22.2. The fraction of sp³-hybridized carbons (Fsp3) is 0.233. The number of hydrogen-bond acceptors (Lipinski definition) is 6. The Labute approximate surface area is 246 Å². The van der Waals surface area contributed by atoms with E-state index in [4.69, 9.17) is 37.4 Å². The summed E-state index contributed by atoms with van der Waals surface area (Å²) in [6.45, 7) is 1.57. The second-order valence-electron chi connectivity index (χ2n) is 9.65. The smallest absolute Gasteiger partial charge is 0.416 e. The molecule has 1 unspecified atom stereocenters. The Hall–Kier alpha value is -4.21. The molecule has 0 fully saturated rings. The molecule has 3 aromatic carbocycles. The summed E-state index contributed by atoms with van der Waals surface area (Å²) in [6, 6.07) is 17.8. The van der Waals surface area contributed by atoms with Gasteiger partial charge in [0, 0.05) is 46.2 Å². The van der Waals surface area contributed by atoms with Crippen molar-refractivity contribution in [2.45, 2.75) is 25.4 Å². The summed E-state index contributed by atoms with van der Waals surface area (Å²) in [7, 11) is 1.60. The van der Waals surface area contributed by atoms with E-state index in [0.29, 0.717) is 53.4 Å². The number of hydrogen-bond donors (Lipinski definition) is 1. The van der Waals surface area contributed by atoms with Crippen LogP contribution in [-0.4, -0.2) is 51.0 Å². The van der Waals surface area contributed by atoms with Gasteiger partial charge in [0.25, 0.3) is 0 Å². The second-order valence-corrected chi connectivity index (χ2v) is 10.5. The summed E-state index contributed by atoms with van der Waals surface area (Å²) in [6.07, 6.45) is 4.09. The number of carbonyl (C=O) groups excluding carboxylic acids is 1. The molecule has 9 nitrogen and oxygen atoms in total. The van der Waals surface area contributed by atoms with Crippen molar-refractivity contribution in [1.29, 1.82) is 0 Å². The van der Waals surface area contributed by atoms with Crippen molar-refractivity contribution in [3.63, 3.8) is 0 Å². The molecule has 11 heteroatoms. The van der Waals surface area contributed by atoms with Crippen molar-refractivity contribution < 1.29 is 19.0 Å². The third kappa shape index (κ3) is 5.68. The molecule has 0 saturated heterocycles. The van der Waals surface area contributed by atoms with E-state index in [1.165, 1.54) is 6.33 Å². The Balaban J connectivity index is 1.34. The van der Waals surface area contributed by atoms with E-state index in [9.17, 15) is 4.79 Å². The quantitative estimate of drug-likeness (QED) is 0.202. The SMILES string of the molecule is COc1ccc(C2c3[nH]c4ccc(Cl)cc4c3CCN2C(=O)Oc2ccc(Cl)cc2)cc1OCCCn1cncn1. The van der Waals surface area contributed by atoms with Crippen molar-refractivity contribution in [3.05, 3.63) is 100 Å². The van der Waals surface area contributed by atoms with Crippen LogP contribution < -0.4 is 14.2 Å². The number of methoxy groups -OCH3 is 1. The topological polar surface area (TPSA) is 94.5 Å². The first kappa shape index (κ1) is 27.0. The van der Waals surface area contributed by atoms with Gasteiger partial charge in [-0.2, -0.15) is 5.10 Å². The minimum Gasteiger partial charge on any atom is -0.493 e. The number of nitrogens with one attached hydrogen (secondary N) is 1. The molecule has 1 aliphatic heterocycles. The van der Waals surface area contributed by atoms with E-state index in [-0.39, 0.29) is 0 Å². The predicted molar refractivity (Wildman–Crippen MR) is 156 cm³/mol. The molecular weight excluding hydrogens is 565 g/mol. The van der Waals surface area contributed by atoms with Gasteiger partial charge in [0.05, 0.1) is 13.7 Å². The number of halogens is 2. The lowest BCUT2D eigenvalue weighted by molar-refractivity contribution is 0.135. The third-order valence-corrected chi connectivity index (χ3v) is 7.59. The minimum atomic E-state index is -0.467. The van der Waals surface area contributed by atoms with Gasteiger partial charge >= 0.3 is 6.09 Å². The Morgan fingerprint density at radius 2 is 1.88 bits per heavy atom. The Bertz CT molecular complexity index is 1670. The number of fused-ring (bicyclic) bond motifs is 3. The molecule has 6 rings (SSSR count). The largest absolute Gasteiger partial charge is 0.493 e. The number of benzene rings is 3. The first-order valence-corrected chi connectivity index (χ1v) is 13.9. The molecule has 41 heavy (non-hydrogen) atoms. The highest BCUT2D eigenvalue weighted by atomic mass is 35.5. The highest BCUT2D eigenvalue weighted by molar-refractivity contribution is 6.31. The summed E-state index contributed by atoms with van der Waals surface area (Å²) in [5.41, 5.74) is 3.83. The van der Waals surface area contributed by atoms with Gasteiger partial charge < -0.3 is 19.2 Å². The summed E-state index contributed by atoms with van der Waals surface area (Å²) in [5.74, 6) is 1.60. The molecule has 0 aliphatic carbocycles. The van der Waals surface area contributed by atoms with Crippen LogP contribution in [0.4, 0.5) is 4.79 Å². The highest BCUT2D eigenvalue weighted by Crippen LogP contribution is 2.42. The van der Waals surface area contributed by atoms with E-state index in [0.717, 1.165) is 34.1 Å². The molecule has 0 radical (unpaired) electrons. The lowest BCUT2D eigenvalue weighted by atomic mass is 9.92. The van der Waals surface area contributed by atoms with Crippen molar-refractivity contribution in [2.75, 3.05) is 20.3 Å². The molecule has 0 spiro atoms. The molecule has 0 bridgehead atoms. The fourth-order valence-corrected chi connectivity index (χ4v) is 5.50. The fourth-order valence-electron chi connectivity index (χ4n) is 5.20. The first-order chi connectivity index (χ1) is 20.0. The molecule has 0 saturated carbocycles. The van der Waals surface area contributed by atoms with Gasteiger partial charge in [-0.1, -0.05) is 29.3 Å². The van der Waals surface area contributed by atoms with Gasteiger partial charge in [-0.25, -0.2) is 9.78 Å². The lowest BCUT2D eigenvalue weighted by Crippen LogP contribution is -2.42. The lowest BCUT2D eigenvalue weighted by Gasteiger charge is -2.35. The van der Waals surface area contributed by atoms with Crippen LogP contribution in [-0.2, 0) is 13.0 Å². The Kier molecular flexibility index (Phi) is 7.71. The molecule has 1 N–H and O–H groups in total. The number of H-pyrrole nitrogens is 1. The summed E-state index contributed by atoms with van der Waals surface area (Å²) in [5, 5.41) is 6.40. The number of carbonyl (C=O) groups is 1. The van der Waals surface area contributed by atoms with Crippen LogP contribution in [0.1, 0.15) is 29.3 Å². The minimum absolute atomic E-state index is 0.415. The van der Waals surface area contributed by atoms with Crippen LogP contribution in [0.2, 0.25) is 10.0 Å². The number of rotatable bonds is 8. The van der Waals surface area contributed by atoms with Crippen LogP contribution >= 0.6 is 23.2 Å². The van der Waals surface area contributed by atoms with Crippen LogP contribution in [0.5, 0.6) is 17.2 Å². The van der Waals surface area contributed by atoms with Gasteiger partial charge in [0.15, 0.2) is 11.5 Å². The maximum atomic E-state index is 13.6. The maximum Gasteiger partial charge on any atom is 0.416 e. The molecule has 2 aromatic heterocycles. The number of nitrogens with zero attached hydrogens (tertiary/aromatic N) is 4. The van der Waals surface area contributed by atoms with E-state index in [1.807, 2.05) is 36.4 Å². The highest BCUT2D eigenvalue weighted by Gasteiger charge is 2.36. The summed E-state index contributed by atoms with van der Waals surface area (Å²) >= 11 is 12.4. The monoisotopic (exact) mass is 591 g/mol. The summed E-state index contributed by atoms with van der Waals surface area (Å²) < 4.78 is 19.3. The molecule has 210 valence electrons. The van der Waals surface area contributed by atoms with Gasteiger partial charge in [0.1, 0.15) is 24.4 Å². The predicted octanol–water partition coefficient (Wildman–Crippen LogP) is 6.69. The molecule has 3 heterocycles. The number of aryl methyl sites for hydroxylation is 1. The third-order valence-electron chi connectivity index (χ3n) is 7.10. The normalized spacial score (nSPS) is 14.6. The first-order valence-electron chi connectivity index (χ1n) is 13.2. The molecule has 1 amide bonds. The van der Waals surface area contributed by atoms with Crippen molar-refractivity contribution >= 4 is 40.2 Å². The van der Waals surface area contributed by atoms with Crippen molar-refractivity contribution in [1.82, 2.24) is 24.6 Å². The number of aromatic amines is 1.